The van der Waals surface area contributed by atoms with Gasteiger partial charge >= 0.3 is 0 Å². The van der Waals surface area contributed by atoms with Crippen molar-refractivity contribution in [1.29, 1.82) is 0 Å². The first-order valence-electron chi connectivity index (χ1n) is 7.36. The summed E-state index contributed by atoms with van der Waals surface area (Å²) in [5, 5.41) is 5.93. The molecule has 0 amide bonds. The van der Waals surface area contributed by atoms with Crippen molar-refractivity contribution in [2.45, 2.75) is 39.2 Å². The zero-order chi connectivity index (χ0) is 13.7. The molecule has 1 saturated heterocycles. The Balaban J connectivity index is 1.94. The third kappa shape index (κ3) is 1.85. The summed E-state index contributed by atoms with van der Waals surface area (Å²) in [6, 6.07) is 6.89. The summed E-state index contributed by atoms with van der Waals surface area (Å²) in [4.78, 5) is 0. The van der Waals surface area contributed by atoms with Crippen molar-refractivity contribution < 1.29 is 8.83 Å². The monoisotopic (exact) mass is 269 g/mol. The van der Waals surface area contributed by atoms with Crippen LogP contribution in [0.15, 0.2) is 27.0 Å². The lowest BCUT2D eigenvalue weighted by molar-refractivity contribution is 0.561. The number of fused-ring (bicyclic) bond motifs is 2. The fourth-order valence-corrected chi connectivity index (χ4v) is 3.40. The van der Waals surface area contributed by atoms with Crippen LogP contribution in [-0.2, 0) is 6.42 Å². The van der Waals surface area contributed by atoms with Crippen LogP contribution in [0, 0.1) is 13.8 Å². The number of benzene rings is 1. The number of hydrogen-bond acceptors (Lipinski definition) is 3. The molecular weight excluding hydrogens is 250 g/mol. The predicted molar refractivity (Wildman–Crippen MR) is 80.2 cm³/mol. The quantitative estimate of drug-likeness (QED) is 0.761. The Bertz CT molecular complexity index is 720. The number of hydrogen-bond donors (Lipinski definition) is 1. The molecule has 0 aliphatic carbocycles. The Morgan fingerprint density at radius 3 is 2.80 bits per heavy atom. The number of aryl methyl sites for hydroxylation is 2. The maximum atomic E-state index is 5.96. The molecule has 1 N–H and O–H groups in total. The molecule has 3 heterocycles. The lowest BCUT2D eigenvalue weighted by atomic mass is 9.99. The van der Waals surface area contributed by atoms with Gasteiger partial charge in [-0.05, 0) is 57.9 Å². The van der Waals surface area contributed by atoms with Gasteiger partial charge in [0, 0.05) is 22.4 Å². The van der Waals surface area contributed by atoms with Crippen molar-refractivity contribution in [3.05, 3.63) is 35.3 Å². The Labute approximate surface area is 117 Å². The van der Waals surface area contributed by atoms with Gasteiger partial charge in [0.25, 0.3) is 0 Å². The highest BCUT2D eigenvalue weighted by Gasteiger charge is 2.20. The van der Waals surface area contributed by atoms with E-state index in [4.69, 9.17) is 8.83 Å². The fraction of sp³-hybridized carbons (Fsp3) is 0.412. The van der Waals surface area contributed by atoms with Crippen molar-refractivity contribution >= 4 is 21.9 Å². The Morgan fingerprint density at radius 2 is 2.00 bits per heavy atom. The highest BCUT2D eigenvalue weighted by Crippen LogP contribution is 2.34. The second kappa shape index (κ2) is 4.38. The number of furan rings is 2. The van der Waals surface area contributed by atoms with Crippen LogP contribution in [0.25, 0.3) is 21.9 Å². The average Bonchev–Trinajstić information content (AvgIpc) is 3.08. The molecule has 1 fully saturated rings. The SMILES string of the molecule is Cc1cc2c(CC3CCCN3)c3oc(C)cc3cc2o1. The number of nitrogens with one attached hydrogen (secondary N) is 1. The van der Waals surface area contributed by atoms with E-state index in [1.807, 2.05) is 13.8 Å². The summed E-state index contributed by atoms with van der Waals surface area (Å²) in [6.07, 6.45) is 3.53. The van der Waals surface area contributed by atoms with Gasteiger partial charge < -0.3 is 14.2 Å². The molecule has 0 saturated carbocycles. The smallest absolute Gasteiger partial charge is 0.138 e. The van der Waals surface area contributed by atoms with Gasteiger partial charge in [-0.2, -0.15) is 0 Å². The zero-order valence-electron chi connectivity index (χ0n) is 12.0. The van der Waals surface area contributed by atoms with Gasteiger partial charge in [-0.1, -0.05) is 0 Å². The molecule has 104 valence electrons. The molecule has 1 aliphatic heterocycles. The van der Waals surface area contributed by atoms with Gasteiger partial charge in [0.2, 0.25) is 0 Å². The lowest BCUT2D eigenvalue weighted by Gasteiger charge is -2.11. The van der Waals surface area contributed by atoms with Gasteiger partial charge in [0.1, 0.15) is 22.7 Å². The summed E-state index contributed by atoms with van der Waals surface area (Å²) in [7, 11) is 0. The molecule has 1 aromatic carbocycles. The van der Waals surface area contributed by atoms with Crippen molar-refractivity contribution in [1.82, 2.24) is 5.32 Å². The van der Waals surface area contributed by atoms with Gasteiger partial charge in [-0.25, -0.2) is 0 Å². The maximum Gasteiger partial charge on any atom is 0.138 e. The molecule has 2 aromatic heterocycles. The summed E-state index contributed by atoms with van der Waals surface area (Å²) >= 11 is 0. The standard InChI is InChI=1S/C17H19NO2/c1-10-6-12-8-16-14(7-11(2)19-16)15(17(12)20-10)9-13-4-3-5-18-13/h6-8,13,18H,3-5,9H2,1-2H3. The minimum Gasteiger partial charge on any atom is -0.461 e. The van der Waals surface area contributed by atoms with Crippen molar-refractivity contribution in [3.8, 4) is 0 Å². The summed E-state index contributed by atoms with van der Waals surface area (Å²) in [5.74, 6) is 1.93. The van der Waals surface area contributed by atoms with E-state index in [-0.39, 0.29) is 0 Å². The first-order chi connectivity index (χ1) is 9.70. The second-order valence-corrected chi connectivity index (χ2v) is 5.90. The Hall–Kier alpha value is -1.74. The van der Waals surface area contributed by atoms with Crippen LogP contribution in [0.3, 0.4) is 0 Å². The van der Waals surface area contributed by atoms with Crippen LogP contribution in [0.5, 0.6) is 0 Å². The molecule has 20 heavy (non-hydrogen) atoms. The summed E-state index contributed by atoms with van der Waals surface area (Å²) < 4.78 is 11.8. The molecule has 0 bridgehead atoms. The van der Waals surface area contributed by atoms with E-state index in [1.165, 1.54) is 23.8 Å². The molecule has 3 nitrogen and oxygen atoms in total. The van der Waals surface area contributed by atoms with Crippen molar-refractivity contribution in [3.63, 3.8) is 0 Å². The molecular formula is C17H19NO2. The van der Waals surface area contributed by atoms with Crippen LogP contribution in [0.2, 0.25) is 0 Å². The van der Waals surface area contributed by atoms with Gasteiger partial charge in [-0.3, -0.25) is 0 Å². The van der Waals surface area contributed by atoms with E-state index in [0.29, 0.717) is 6.04 Å². The molecule has 0 spiro atoms. The Morgan fingerprint density at radius 1 is 1.15 bits per heavy atom. The molecule has 1 aliphatic rings. The van der Waals surface area contributed by atoms with Crippen LogP contribution in [-0.4, -0.2) is 12.6 Å². The Kier molecular flexibility index (Phi) is 2.64. The van der Waals surface area contributed by atoms with E-state index in [2.05, 4.69) is 23.5 Å². The number of rotatable bonds is 2. The van der Waals surface area contributed by atoms with Crippen LogP contribution in [0.1, 0.15) is 29.9 Å². The van der Waals surface area contributed by atoms with Crippen molar-refractivity contribution in [2.24, 2.45) is 0 Å². The third-order valence-electron chi connectivity index (χ3n) is 4.27. The van der Waals surface area contributed by atoms with Gasteiger partial charge in [0.05, 0.1) is 0 Å². The van der Waals surface area contributed by atoms with E-state index in [0.717, 1.165) is 41.0 Å². The molecule has 4 rings (SSSR count). The molecule has 1 atom stereocenters. The minimum atomic E-state index is 0.560. The van der Waals surface area contributed by atoms with Crippen LogP contribution in [0.4, 0.5) is 0 Å². The molecule has 3 aromatic rings. The normalized spacial score (nSPS) is 19.4. The van der Waals surface area contributed by atoms with E-state index < -0.39 is 0 Å². The zero-order valence-corrected chi connectivity index (χ0v) is 12.0. The van der Waals surface area contributed by atoms with Crippen LogP contribution < -0.4 is 5.32 Å². The molecule has 1 unspecified atom stereocenters. The largest absolute Gasteiger partial charge is 0.461 e. The fourth-order valence-electron chi connectivity index (χ4n) is 3.40. The minimum absolute atomic E-state index is 0.560. The van der Waals surface area contributed by atoms with Crippen LogP contribution >= 0.6 is 0 Å². The van der Waals surface area contributed by atoms with Gasteiger partial charge in [-0.15, -0.1) is 0 Å². The molecule has 0 radical (unpaired) electrons. The highest BCUT2D eigenvalue weighted by atomic mass is 16.3. The third-order valence-corrected chi connectivity index (χ3v) is 4.27. The van der Waals surface area contributed by atoms with Gasteiger partial charge in [0.15, 0.2) is 0 Å². The van der Waals surface area contributed by atoms with Crippen molar-refractivity contribution in [2.75, 3.05) is 6.54 Å². The lowest BCUT2D eigenvalue weighted by Crippen LogP contribution is -2.23. The van der Waals surface area contributed by atoms with E-state index in [9.17, 15) is 0 Å². The van der Waals surface area contributed by atoms with E-state index in [1.54, 1.807) is 0 Å². The maximum absolute atomic E-state index is 5.96. The highest BCUT2D eigenvalue weighted by molar-refractivity contribution is 5.98. The first kappa shape index (κ1) is 12.0. The second-order valence-electron chi connectivity index (χ2n) is 5.90. The molecule has 3 heteroatoms. The summed E-state index contributed by atoms with van der Waals surface area (Å²) in [5.41, 5.74) is 3.30. The first-order valence-corrected chi connectivity index (χ1v) is 7.36. The summed E-state index contributed by atoms with van der Waals surface area (Å²) in [6.45, 7) is 5.14. The topological polar surface area (TPSA) is 38.3 Å². The van der Waals surface area contributed by atoms with E-state index >= 15 is 0 Å². The average molecular weight is 269 g/mol. The predicted octanol–water partition coefficient (Wildman–Crippen LogP) is 4.09.